The van der Waals surface area contributed by atoms with Crippen molar-refractivity contribution in [2.75, 3.05) is 37.7 Å². The maximum atomic E-state index is 12.9. The van der Waals surface area contributed by atoms with Gasteiger partial charge >= 0.3 is 0 Å². The number of rotatable bonds is 3. The van der Waals surface area contributed by atoms with E-state index in [1.54, 1.807) is 12.3 Å². The summed E-state index contributed by atoms with van der Waals surface area (Å²) < 4.78 is 6.05. The Morgan fingerprint density at radius 2 is 1.93 bits per heavy atom. The molecule has 2 aliphatic heterocycles. The van der Waals surface area contributed by atoms with Crippen LogP contribution >= 0.6 is 0 Å². The molecule has 3 heterocycles. The summed E-state index contributed by atoms with van der Waals surface area (Å²) in [6.07, 6.45) is 1.58. The van der Waals surface area contributed by atoms with E-state index in [-0.39, 0.29) is 11.5 Å². The molecule has 1 amide bonds. The van der Waals surface area contributed by atoms with Gasteiger partial charge in [0.1, 0.15) is 17.5 Å². The van der Waals surface area contributed by atoms with E-state index in [2.05, 4.69) is 29.8 Å². The molecule has 0 aliphatic carbocycles. The van der Waals surface area contributed by atoms with Crippen molar-refractivity contribution < 1.29 is 9.53 Å². The highest BCUT2D eigenvalue weighted by Gasteiger charge is 2.48. The van der Waals surface area contributed by atoms with E-state index in [0.29, 0.717) is 44.3 Å². The Balaban J connectivity index is 1.40. The van der Waals surface area contributed by atoms with Gasteiger partial charge in [-0.05, 0) is 35.7 Å². The fourth-order valence-corrected chi connectivity index (χ4v) is 3.85. The van der Waals surface area contributed by atoms with Gasteiger partial charge in [0.05, 0.1) is 31.8 Å². The molecule has 1 spiro atoms. The first-order chi connectivity index (χ1) is 13.5. The zero-order chi connectivity index (χ0) is 19.7. The Hall–Kier alpha value is -2.91. The average Bonchev–Trinajstić information content (AvgIpc) is 2.71. The number of hydrogen-bond acceptors (Lipinski definition) is 5. The third kappa shape index (κ3) is 3.46. The van der Waals surface area contributed by atoms with E-state index < -0.39 is 0 Å². The van der Waals surface area contributed by atoms with E-state index in [9.17, 15) is 4.79 Å². The summed E-state index contributed by atoms with van der Waals surface area (Å²) >= 11 is 0. The lowest BCUT2D eigenvalue weighted by atomic mass is 9.91. The van der Waals surface area contributed by atoms with Crippen molar-refractivity contribution in [1.82, 2.24) is 9.88 Å². The van der Waals surface area contributed by atoms with Crippen LogP contribution in [-0.2, 0) is 4.74 Å². The molecule has 0 bridgehead atoms. The molecule has 1 aromatic heterocycles. The van der Waals surface area contributed by atoms with E-state index in [1.165, 1.54) is 5.56 Å². The van der Waals surface area contributed by atoms with Gasteiger partial charge in [0, 0.05) is 18.3 Å². The Morgan fingerprint density at radius 1 is 1.18 bits per heavy atom. The number of nitriles is 1. The van der Waals surface area contributed by atoms with Crippen molar-refractivity contribution >= 4 is 11.7 Å². The highest BCUT2D eigenvalue weighted by Crippen LogP contribution is 2.32. The fraction of sp³-hybridized carbons (Fsp3) is 0.409. The first kappa shape index (κ1) is 18.5. The van der Waals surface area contributed by atoms with Gasteiger partial charge in [-0.1, -0.05) is 26.0 Å². The van der Waals surface area contributed by atoms with Crippen LogP contribution in [0.1, 0.15) is 41.3 Å². The quantitative estimate of drug-likeness (QED) is 0.824. The highest BCUT2D eigenvalue weighted by atomic mass is 16.5. The number of ether oxygens (including phenoxy) is 1. The van der Waals surface area contributed by atoms with Crippen molar-refractivity contribution in [3.8, 4) is 6.07 Å². The second-order valence-electron chi connectivity index (χ2n) is 7.91. The van der Waals surface area contributed by atoms with Crippen LogP contribution in [0.2, 0.25) is 0 Å². The zero-order valence-corrected chi connectivity index (χ0v) is 16.3. The van der Waals surface area contributed by atoms with Crippen LogP contribution in [0.5, 0.6) is 0 Å². The number of aromatic nitrogens is 1. The summed E-state index contributed by atoms with van der Waals surface area (Å²) in [5, 5.41) is 8.89. The number of amides is 1. The summed E-state index contributed by atoms with van der Waals surface area (Å²) in [6.45, 7) is 7.43. The first-order valence-electron chi connectivity index (χ1n) is 9.64. The second kappa shape index (κ2) is 7.25. The lowest BCUT2D eigenvalue weighted by Crippen LogP contribution is -2.71. The second-order valence-corrected chi connectivity index (χ2v) is 7.91. The van der Waals surface area contributed by atoms with E-state index in [4.69, 9.17) is 10.00 Å². The smallest absolute Gasteiger partial charge is 0.254 e. The van der Waals surface area contributed by atoms with Crippen LogP contribution in [-0.4, -0.2) is 54.2 Å². The normalized spacial score (nSPS) is 18.1. The van der Waals surface area contributed by atoms with Gasteiger partial charge in [-0.25, -0.2) is 4.98 Å². The van der Waals surface area contributed by atoms with E-state index in [0.717, 1.165) is 11.4 Å². The molecule has 144 valence electrons. The standard InChI is InChI=1S/C22H24N4O2/c1-16(2)18-4-6-19(7-5-18)21(27)25-9-10-28-22(13-25)14-26(15-22)20-8-3-17(11-23)12-24-20/h3-8,12,16H,9-10,13-15H2,1-2H3. The predicted molar refractivity (Wildman–Crippen MR) is 106 cm³/mol. The zero-order valence-electron chi connectivity index (χ0n) is 16.3. The lowest BCUT2D eigenvalue weighted by molar-refractivity contribution is -0.114. The van der Waals surface area contributed by atoms with Crippen LogP contribution in [0.4, 0.5) is 5.82 Å². The molecule has 2 fully saturated rings. The monoisotopic (exact) mass is 376 g/mol. The van der Waals surface area contributed by atoms with Gasteiger partial charge in [-0.3, -0.25) is 4.79 Å². The van der Waals surface area contributed by atoms with E-state index in [1.807, 2.05) is 35.2 Å². The minimum Gasteiger partial charge on any atom is -0.368 e. The van der Waals surface area contributed by atoms with Crippen LogP contribution in [0.25, 0.3) is 0 Å². The molecule has 2 aliphatic rings. The molecule has 2 saturated heterocycles. The van der Waals surface area contributed by atoms with Crippen molar-refractivity contribution in [3.05, 3.63) is 59.3 Å². The molecule has 0 unspecified atom stereocenters. The number of morpholine rings is 1. The first-order valence-corrected chi connectivity index (χ1v) is 9.64. The lowest BCUT2D eigenvalue weighted by Gasteiger charge is -2.54. The topological polar surface area (TPSA) is 69.5 Å². The molecule has 0 N–H and O–H groups in total. The number of pyridine rings is 1. The molecule has 0 atom stereocenters. The van der Waals surface area contributed by atoms with Gasteiger partial charge in [0.2, 0.25) is 0 Å². The third-order valence-electron chi connectivity index (χ3n) is 5.52. The molecule has 6 heteroatoms. The van der Waals surface area contributed by atoms with Crippen LogP contribution in [0.15, 0.2) is 42.6 Å². The number of anilines is 1. The maximum absolute atomic E-state index is 12.9. The van der Waals surface area contributed by atoms with Crippen molar-refractivity contribution in [1.29, 1.82) is 5.26 Å². The average molecular weight is 376 g/mol. The molecule has 0 radical (unpaired) electrons. The summed E-state index contributed by atoms with van der Waals surface area (Å²) in [5.41, 5.74) is 2.18. The van der Waals surface area contributed by atoms with Gasteiger partial charge in [-0.2, -0.15) is 5.26 Å². The van der Waals surface area contributed by atoms with Gasteiger partial charge in [-0.15, -0.1) is 0 Å². The highest BCUT2D eigenvalue weighted by molar-refractivity contribution is 5.94. The van der Waals surface area contributed by atoms with Crippen LogP contribution in [0.3, 0.4) is 0 Å². The van der Waals surface area contributed by atoms with Crippen molar-refractivity contribution in [3.63, 3.8) is 0 Å². The fourth-order valence-electron chi connectivity index (χ4n) is 3.85. The maximum Gasteiger partial charge on any atom is 0.254 e. The van der Waals surface area contributed by atoms with Gasteiger partial charge < -0.3 is 14.5 Å². The Kier molecular flexibility index (Phi) is 4.78. The number of carbonyl (C=O) groups excluding carboxylic acids is 1. The number of hydrogen-bond donors (Lipinski definition) is 0. The predicted octanol–water partition coefficient (Wildman–Crippen LogP) is 2.81. The largest absolute Gasteiger partial charge is 0.368 e. The number of benzene rings is 1. The molecule has 28 heavy (non-hydrogen) atoms. The molecule has 1 aromatic carbocycles. The Bertz CT molecular complexity index is 894. The van der Waals surface area contributed by atoms with Crippen LogP contribution in [0, 0.1) is 11.3 Å². The van der Waals surface area contributed by atoms with Crippen LogP contribution < -0.4 is 4.90 Å². The molecule has 0 saturated carbocycles. The molecule has 4 rings (SSSR count). The molecular formula is C22H24N4O2. The number of nitrogens with zero attached hydrogens (tertiary/aromatic N) is 4. The Labute approximate surface area is 165 Å². The van der Waals surface area contributed by atoms with Gasteiger partial charge in [0.25, 0.3) is 5.91 Å². The van der Waals surface area contributed by atoms with Crippen molar-refractivity contribution in [2.24, 2.45) is 0 Å². The minimum atomic E-state index is -0.332. The molecule has 6 nitrogen and oxygen atoms in total. The van der Waals surface area contributed by atoms with Gasteiger partial charge in [0.15, 0.2) is 0 Å². The summed E-state index contributed by atoms with van der Waals surface area (Å²) in [4.78, 5) is 21.3. The summed E-state index contributed by atoms with van der Waals surface area (Å²) in [5.74, 6) is 1.35. The van der Waals surface area contributed by atoms with Crippen molar-refractivity contribution in [2.45, 2.75) is 25.4 Å². The van der Waals surface area contributed by atoms with E-state index >= 15 is 0 Å². The minimum absolute atomic E-state index is 0.0629. The number of carbonyl (C=O) groups is 1. The summed E-state index contributed by atoms with van der Waals surface area (Å²) in [7, 11) is 0. The summed E-state index contributed by atoms with van der Waals surface area (Å²) in [6, 6.07) is 13.6. The third-order valence-corrected chi connectivity index (χ3v) is 5.52. The molecule has 2 aromatic rings. The Morgan fingerprint density at radius 3 is 2.54 bits per heavy atom. The SMILES string of the molecule is CC(C)c1ccc(C(=O)N2CCOC3(C2)CN(c2ccc(C#N)cn2)C3)cc1. The molecular weight excluding hydrogens is 352 g/mol.